The molecule has 0 saturated carbocycles. The Morgan fingerprint density at radius 1 is 1.38 bits per heavy atom. The van der Waals surface area contributed by atoms with Gasteiger partial charge in [-0.1, -0.05) is 0 Å². The molecule has 0 aliphatic rings. The third-order valence-electron chi connectivity index (χ3n) is 1.74. The molecule has 5 nitrogen and oxygen atoms in total. The lowest BCUT2D eigenvalue weighted by Crippen LogP contribution is -2.31. The Labute approximate surface area is 78.5 Å². The van der Waals surface area contributed by atoms with Gasteiger partial charge in [0, 0.05) is 0 Å². The number of rotatable bonds is 8. The molecule has 0 bridgehead atoms. The zero-order valence-corrected chi connectivity index (χ0v) is 7.83. The number of hydrogen-bond acceptors (Lipinski definition) is 4. The maximum atomic E-state index is 10.3. The summed E-state index contributed by atoms with van der Waals surface area (Å²) >= 11 is 0. The summed E-state index contributed by atoms with van der Waals surface area (Å²) in [6.07, 6.45) is 2.26. The van der Waals surface area contributed by atoms with Crippen molar-refractivity contribution in [1.82, 2.24) is 5.32 Å². The molecule has 13 heavy (non-hydrogen) atoms. The van der Waals surface area contributed by atoms with E-state index in [-0.39, 0.29) is 0 Å². The van der Waals surface area contributed by atoms with Gasteiger partial charge >= 0.3 is 5.97 Å². The fourth-order valence-electron chi connectivity index (χ4n) is 0.923. The number of aliphatic carboxylic acids is 1. The quantitative estimate of drug-likeness (QED) is 0.371. The van der Waals surface area contributed by atoms with Crippen LogP contribution in [-0.4, -0.2) is 36.8 Å². The van der Waals surface area contributed by atoms with Crippen LogP contribution in [0, 0.1) is 0 Å². The van der Waals surface area contributed by atoms with Gasteiger partial charge in [0.15, 0.2) is 0 Å². The van der Waals surface area contributed by atoms with E-state index in [4.69, 9.17) is 16.6 Å². The van der Waals surface area contributed by atoms with Crippen LogP contribution < -0.4 is 16.8 Å². The highest BCUT2D eigenvalue weighted by Gasteiger charge is 2.09. The molecule has 0 aliphatic heterocycles. The minimum atomic E-state index is -0.929. The Morgan fingerprint density at radius 3 is 2.54 bits per heavy atom. The average molecular weight is 189 g/mol. The molecule has 0 aromatic carbocycles. The Bertz CT molecular complexity index is 141. The third-order valence-corrected chi connectivity index (χ3v) is 1.74. The number of carboxylic acid groups (broad SMARTS) is 1. The van der Waals surface area contributed by atoms with Crippen molar-refractivity contribution in [1.29, 1.82) is 0 Å². The van der Waals surface area contributed by atoms with E-state index in [9.17, 15) is 4.79 Å². The Hall–Kier alpha value is -0.650. The minimum absolute atomic E-state index is 0.519. The van der Waals surface area contributed by atoms with E-state index in [2.05, 4.69) is 5.32 Å². The second-order valence-electron chi connectivity index (χ2n) is 2.98. The van der Waals surface area contributed by atoms with Crippen molar-refractivity contribution in [2.45, 2.75) is 25.3 Å². The maximum Gasteiger partial charge on any atom is 0.320 e. The van der Waals surface area contributed by atoms with Gasteiger partial charge in [0.25, 0.3) is 0 Å². The summed E-state index contributed by atoms with van der Waals surface area (Å²) in [6, 6.07) is -0.726. The van der Waals surface area contributed by atoms with E-state index in [0.717, 1.165) is 25.9 Å². The first-order valence-electron chi connectivity index (χ1n) is 4.57. The number of hydrogen-bond donors (Lipinski definition) is 4. The second kappa shape index (κ2) is 7.97. The topological polar surface area (TPSA) is 101 Å². The summed E-state index contributed by atoms with van der Waals surface area (Å²) in [4.78, 5) is 10.3. The molecule has 0 amide bonds. The van der Waals surface area contributed by atoms with Crippen molar-refractivity contribution < 1.29 is 9.90 Å². The van der Waals surface area contributed by atoms with Gasteiger partial charge in [-0.25, -0.2) is 0 Å². The van der Waals surface area contributed by atoms with E-state index < -0.39 is 12.0 Å². The molecule has 0 aromatic rings. The predicted molar refractivity (Wildman–Crippen MR) is 51.4 cm³/mol. The highest BCUT2D eigenvalue weighted by Crippen LogP contribution is 1.92. The van der Waals surface area contributed by atoms with Crippen molar-refractivity contribution in [3.63, 3.8) is 0 Å². The summed E-state index contributed by atoms with van der Waals surface area (Å²) in [6.45, 7) is 2.38. The van der Waals surface area contributed by atoms with Gasteiger partial charge in [0.2, 0.25) is 0 Å². The first kappa shape index (κ1) is 12.3. The first-order chi connectivity index (χ1) is 6.18. The molecule has 1 unspecified atom stereocenters. The van der Waals surface area contributed by atoms with Crippen LogP contribution in [0.5, 0.6) is 0 Å². The van der Waals surface area contributed by atoms with Gasteiger partial charge in [0.1, 0.15) is 6.04 Å². The Balaban J connectivity index is 3.11. The number of nitrogens with two attached hydrogens (primary N) is 2. The molecule has 0 aliphatic carbocycles. The summed E-state index contributed by atoms with van der Waals surface area (Å²) in [7, 11) is 0. The van der Waals surface area contributed by atoms with Crippen LogP contribution in [0.1, 0.15) is 19.3 Å². The largest absolute Gasteiger partial charge is 0.480 e. The third kappa shape index (κ3) is 7.70. The van der Waals surface area contributed by atoms with E-state index >= 15 is 0 Å². The molecule has 0 radical (unpaired) electrons. The SMILES string of the molecule is NCCCNCCCC(N)C(=O)O. The molecule has 0 heterocycles. The minimum Gasteiger partial charge on any atom is -0.480 e. The van der Waals surface area contributed by atoms with E-state index in [1.165, 1.54) is 0 Å². The molecule has 0 rings (SSSR count). The molecular formula is C8H19N3O2. The van der Waals surface area contributed by atoms with Gasteiger partial charge in [-0.3, -0.25) is 4.79 Å². The summed E-state index contributed by atoms with van der Waals surface area (Å²) < 4.78 is 0. The van der Waals surface area contributed by atoms with Gasteiger partial charge < -0.3 is 21.9 Å². The normalized spacial score (nSPS) is 12.8. The molecule has 0 spiro atoms. The van der Waals surface area contributed by atoms with Crippen LogP contribution in [0.15, 0.2) is 0 Å². The summed E-state index contributed by atoms with van der Waals surface area (Å²) in [5.41, 5.74) is 10.6. The van der Waals surface area contributed by atoms with Crippen LogP contribution in [0.3, 0.4) is 0 Å². The molecule has 0 aromatic heterocycles. The van der Waals surface area contributed by atoms with Crippen molar-refractivity contribution in [3.05, 3.63) is 0 Å². The van der Waals surface area contributed by atoms with Crippen LogP contribution >= 0.6 is 0 Å². The fourth-order valence-corrected chi connectivity index (χ4v) is 0.923. The van der Waals surface area contributed by atoms with Gasteiger partial charge in [0.05, 0.1) is 0 Å². The van der Waals surface area contributed by atoms with Crippen molar-refractivity contribution in [2.24, 2.45) is 11.5 Å². The first-order valence-corrected chi connectivity index (χ1v) is 4.57. The van der Waals surface area contributed by atoms with Crippen molar-refractivity contribution >= 4 is 5.97 Å². The van der Waals surface area contributed by atoms with Crippen LogP contribution in [-0.2, 0) is 4.79 Å². The smallest absolute Gasteiger partial charge is 0.320 e. The van der Waals surface area contributed by atoms with Crippen molar-refractivity contribution in [2.75, 3.05) is 19.6 Å². The molecule has 78 valence electrons. The fraction of sp³-hybridized carbons (Fsp3) is 0.875. The molecule has 0 saturated heterocycles. The van der Waals surface area contributed by atoms with E-state index in [1.54, 1.807) is 0 Å². The zero-order chi connectivity index (χ0) is 10.1. The van der Waals surface area contributed by atoms with Gasteiger partial charge in [-0.2, -0.15) is 0 Å². The monoisotopic (exact) mass is 189 g/mol. The molecule has 1 atom stereocenters. The average Bonchev–Trinajstić information content (AvgIpc) is 2.10. The highest BCUT2D eigenvalue weighted by molar-refractivity contribution is 5.72. The summed E-state index contributed by atoms with van der Waals surface area (Å²) in [5.74, 6) is -0.929. The Morgan fingerprint density at radius 2 is 2.00 bits per heavy atom. The van der Waals surface area contributed by atoms with Gasteiger partial charge in [-0.05, 0) is 38.9 Å². The second-order valence-corrected chi connectivity index (χ2v) is 2.98. The Kier molecular flexibility index (Phi) is 7.57. The predicted octanol–water partition coefficient (Wildman–Crippen LogP) is -0.883. The maximum absolute atomic E-state index is 10.3. The van der Waals surface area contributed by atoms with Crippen molar-refractivity contribution in [3.8, 4) is 0 Å². The van der Waals surface area contributed by atoms with Gasteiger partial charge in [-0.15, -0.1) is 0 Å². The summed E-state index contributed by atoms with van der Waals surface area (Å²) in [5, 5.41) is 11.6. The van der Waals surface area contributed by atoms with Crippen LogP contribution in [0.2, 0.25) is 0 Å². The lowest BCUT2D eigenvalue weighted by Gasteiger charge is -2.06. The molecule has 5 heteroatoms. The van der Waals surface area contributed by atoms with E-state index in [1.807, 2.05) is 0 Å². The molecule has 0 fully saturated rings. The van der Waals surface area contributed by atoms with Crippen LogP contribution in [0.4, 0.5) is 0 Å². The standard InChI is InChI=1S/C8H19N3O2/c9-4-2-6-11-5-1-3-7(10)8(12)13/h7,11H,1-6,9-10H2,(H,12,13). The van der Waals surface area contributed by atoms with Crippen LogP contribution in [0.25, 0.3) is 0 Å². The highest BCUT2D eigenvalue weighted by atomic mass is 16.4. The lowest BCUT2D eigenvalue weighted by molar-refractivity contribution is -0.138. The zero-order valence-electron chi connectivity index (χ0n) is 7.83. The number of carboxylic acids is 1. The lowest BCUT2D eigenvalue weighted by atomic mass is 10.2. The molecule has 6 N–H and O–H groups in total. The molecular weight excluding hydrogens is 170 g/mol. The number of nitrogens with one attached hydrogen (secondary N) is 1. The number of carbonyl (C=O) groups is 1. The van der Waals surface area contributed by atoms with E-state index in [0.29, 0.717) is 13.0 Å².